The van der Waals surface area contributed by atoms with E-state index >= 15 is 0 Å². The Kier molecular flexibility index (Phi) is 4.89. The second-order valence-electron chi connectivity index (χ2n) is 5.30. The lowest BCUT2D eigenvalue weighted by Gasteiger charge is -2.12. The van der Waals surface area contributed by atoms with E-state index in [2.05, 4.69) is 10.2 Å². The molecule has 0 aliphatic heterocycles. The molecule has 0 radical (unpaired) electrons. The van der Waals surface area contributed by atoms with Gasteiger partial charge in [-0.1, -0.05) is 17.8 Å². The molecule has 3 aromatic rings. The van der Waals surface area contributed by atoms with Crippen molar-refractivity contribution in [2.45, 2.75) is 17.3 Å². The van der Waals surface area contributed by atoms with Crippen LogP contribution in [-0.4, -0.2) is 22.0 Å². The average molecular weight is 362 g/mol. The summed E-state index contributed by atoms with van der Waals surface area (Å²) in [6, 6.07) is 11.0. The maximum absolute atomic E-state index is 13.9. The number of hydrogen-bond acceptors (Lipinski definition) is 5. The summed E-state index contributed by atoms with van der Waals surface area (Å²) in [7, 11) is 1.58. The van der Waals surface area contributed by atoms with Crippen molar-refractivity contribution in [3.8, 4) is 17.1 Å². The molecule has 0 amide bonds. The monoisotopic (exact) mass is 362 g/mol. The first-order valence-corrected chi connectivity index (χ1v) is 8.34. The van der Waals surface area contributed by atoms with Crippen LogP contribution in [0.2, 0.25) is 0 Å². The molecule has 1 atom stereocenters. The number of benzene rings is 2. The minimum Gasteiger partial charge on any atom is -0.497 e. The molecule has 2 aromatic carbocycles. The van der Waals surface area contributed by atoms with Gasteiger partial charge in [0.2, 0.25) is 5.16 Å². The molecular formula is C17H16F2N4OS. The summed E-state index contributed by atoms with van der Waals surface area (Å²) in [4.78, 5) is 0. The highest BCUT2D eigenvalue weighted by atomic mass is 32.2. The zero-order valence-corrected chi connectivity index (χ0v) is 14.4. The van der Waals surface area contributed by atoms with Gasteiger partial charge in [-0.2, -0.15) is 0 Å². The molecule has 0 saturated heterocycles. The highest BCUT2D eigenvalue weighted by molar-refractivity contribution is 7.99. The quantitative estimate of drug-likeness (QED) is 0.552. The first kappa shape index (κ1) is 17.2. The van der Waals surface area contributed by atoms with Gasteiger partial charge in [0.25, 0.3) is 0 Å². The molecule has 0 spiro atoms. The van der Waals surface area contributed by atoms with E-state index in [0.29, 0.717) is 16.7 Å². The molecule has 8 heteroatoms. The molecule has 130 valence electrons. The minimum atomic E-state index is -0.599. The van der Waals surface area contributed by atoms with Crippen LogP contribution < -0.4 is 10.6 Å². The summed E-state index contributed by atoms with van der Waals surface area (Å²) in [6.07, 6.45) is 0. The van der Waals surface area contributed by atoms with Crippen LogP contribution in [0.25, 0.3) is 11.4 Å². The summed E-state index contributed by atoms with van der Waals surface area (Å²) in [5.41, 5.74) is 0.744. The summed E-state index contributed by atoms with van der Waals surface area (Å²) in [6.45, 7) is 1.69. The van der Waals surface area contributed by atoms with Crippen LogP contribution >= 0.6 is 11.8 Å². The lowest BCUT2D eigenvalue weighted by molar-refractivity contribution is 0.415. The smallest absolute Gasteiger partial charge is 0.210 e. The van der Waals surface area contributed by atoms with Gasteiger partial charge < -0.3 is 10.6 Å². The van der Waals surface area contributed by atoms with Gasteiger partial charge in [-0.25, -0.2) is 13.5 Å². The van der Waals surface area contributed by atoms with Crippen molar-refractivity contribution < 1.29 is 13.5 Å². The molecule has 1 aromatic heterocycles. The van der Waals surface area contributed by atoms with Gasteiger partial charge in [0.15, 0.2) is 5.82 Å². The Hall–Kier alpha value is -2.61. The lowest BCUT2D eigenvalue weighted by Crippen LogP contribution is -2.12. The number of nitrogens with zero attached hydrogens (tertiary/aromatic N) is 3. The van der Waals surface area contributed by atoms with Crippen LogP contribution in [0.4, 0.5) is 8.78 Å². The molecule has 2 N–H and O–H groups in total. The van der Waals surface area contributed by atoms with Crippen LogP contribution in [0.3, 0.4) is 0 Å². The molecule has 1 unspecified atom stereocenters. The number of nitrogen functional groups attached to an aromatic ring is 1. The van der Waals surface area contributed by atoms with E-state index in [9.17, 15) is 8.78 Å². The van der Waals surface area contributed by atoms with E-state index < -0.39 is 16.9 Å². The third kappa shape index (κ3) is 3.43. The van der Waals surface area contributed by atoms with Crippen LogP contribution in [-0.2, 0) is 0 Å². The highest BCUT2D eigenvalue weighted by Gasteiger charge is 2.21. The van der Waals surface area contributed by atoms with Gasteiger partial charge in [0.1, 0.15) is 17.4 Å². The van der Waals surface area contributed by atoms with E-state index in [4.69, 9.17) is 10.6 Å². The zero-order chi connectivity index (χ0) is 18.0. The lowest BCUT2D eigenvalue weighted by atomic mass is 10.1. The number of rotatable bonds is 5. The number of aromatic nitrogens is 3. The Morgan fingerprint density at radius 3 is 2.32 bits per heavy atom. The fraction of sp³-hybridized carbons (Fsp3) is 0.176. The van der Waals surface area contributed by atoms with Gasteiger partial charge in [0, 0.05) is 16.4 Å². The van der Waals surface area contributed by atoms with E-state index in [1.807, 2.05) is 0 Å². The molecule has 1 heterocycles. The van der Waals surface area contributed by atoms with Crippen molar-refractivity contribution in [1.82, 2.24) is 14.9 Å². The molecule has 0 fully saturated rings. The van der Waals surface area contributed by atoms with Crippen LogP contribution in [0.1, 0.15) is 17.7 Å². The molecule has 0 aliphatic rings. The van der Waals surface area contributed by atoms with Crippen LogP contribution in [0.15, 0.2) is 47.6 Å². The van der Waals surface area contributed by atoms with Gasteiger partial charge in [0.05, 0.1) is 7.11 Å². The van der Waals surface area contributed by atoms with E-state index in [0.717, 1.165) is 17.3 Å². The Labute approximate surface area is 147 Å². The van der Waals surface area contributed by atoms with Crippen molar-refractivity contribution >= 4 is 11.8 Å². The number of halogens is 2. The average Bonchev–Trinajstić information content (AvgIpc) is 2.95. The van der Waals surface area contributed by atoms with E-state index in [1.165, 1.54) is 22.9 Å². The number of thioether (sulfide) groups is 1. The molecule has 3 rings (SSSR count). The minimum absolute atomic E-state index is 0.0125. The van der Waals surface area contributed by atoms with Crippen LogP contribution in [0.5, 0.6) is 5.75 Å². The number of nitrogens with two attached hydrogens (primary N) is 1. The Balaban J connectivity index is 1.86. The second kappa shape index (κ2) is 7.10. The molecule has 5 nitrogen and oxygen atoms in total. The van der Waals surface area contributed by atoms with Crippen molar-refractivity contribution in [2.75, 3.05) is 13.0 Å². The van der Waals surface area contributed by atoms with Crippen molar-refractivity contribution in [1.29, 1.82) is 0 Å². The SMILES string of the molecule is COc1ccc(-c2nnc(SC(C)c3c(F)cccc3F)n2N)cc1. The Bertz CT molecular complexity index is 863. The summed E-state index contributed by atoms with van der Waals surface area (Å²) in [5, 5.41) is 7.95. The van der Waals surface area contributed by atoms with Crippen molar-refractivity contribution in [3.05, 3.63) is 59.7 Å². The fourth-order valence-electron chi connectivity index (χ4n) is 2.41. The molecule has 0 aliphatic carbocycles. The maximum atomic E-state index is 13.9. The number of methoxy groups -OCH3 is 1. The van der Waals surface area contributed by atoms with E-state index in [-0.39, 0.29) is 5.56 Å². The number of ether oxygens (including phenoxy) is 1. The zero-order valence-electron chi connectivity index (χ0n) is 13.6. The predicted octanol–water partition coefficient (Wildman–Crippen LogP) is 3.80. The summed E-state index contributed by atoms with van der Waals surface area (Å²) < 4.78 is 34.2. The van der Waals surface area contributed by atoms with Gasteiger partial charge in [-0.15, -0.1) is 10.2 Å². The first-order chi connectivity index (χ1) is 12.0. The third-order valence-corrected chi connectivity index (χ3v) is 4.78. The second-order valence-corrected chi connectivity index (χ2v) is 6.61. The van der Waals surface area contributed by atoms with Gasteiger partial charge in [-0.3, -0.25) is 0 Å². The predicted molar refractivity (Wildman–Crippen MR) is 92.8 cm³/mol. The van der Waals surface area contributed by atoms with E-state index in [1.54, 1.807) is 38.3 Å². The summed E-state index contributed by atoms with van der Waals surface area (Å²) in [5.74, 6) is 6.03. The largest absolute Gasteiger partial charge is 0.497 e. The van der Waals surface area contributed by atoms with Crippen LogP contribution in [0, 0.1) is 11.6 Å². The first-order valence-electron chi connectivity index (χ1n) is 7.46. The molecule has 0 bridgehead atoms. The maximum Gasteiger partial charge on any atom is 0.210 e. The van der Waals surface area contributed by atoms with Crippen molar-refractivity contribution in [2.24, 2.45) is 0 Å². The highest BCUT2D eigenvalue weighted by Crippen LogP contribution is 2.36. The molecule has 25 heavy (non-hydrogen) atoms. The standard InChI is InChI=1S/C17H16F2N4OS/c1-10(15-13(18)4-3-5-14(15)19)25-17-22-21-16(23(17)20)11-6-8-12(24-2)9-7-11/h3-10H,20H2,1-2H3. The Morgan fingerprint density at radius 1 is 1.08 bits per heavy atom. The topological polar surface area (TPSA) is 66.0 Å². The Morgan fingerprint density at radius 2 is 1.72 bits per heavy atom. The van der Waals surface area contributed by atoms with Crippen molar-refractivity contribution in [3.63, 3.8) is 0 Å². The molecule has 0 saturated carbocycles. The van der Waals surface area contributed by atoms with Gasteiger partial charge in [-0.05, 0) is 43.3 Å². The fourth-order valence-corrected chi connectivity index (χ4v) is 3.36. The third-order valence-electron chi connectivity index (χ3n) is 3.70. The molecular weight excluding hydrogens is 346 g/mol. The number of hydrogen-bond donors (Lipinski definition) is 1. The normalized spacial score (nSPS) is 12.2. The van der Waals surface area contributed by atoms with Gasteiger partial charge >= 0.3 is 0 Å². The summed E-state index contributed by atoms with van der Waals surface area (Å²) >= 11 is 1.13.